The molecule has 6 heterocycles. The first-order valence-corrected chi connectivity index (χ1v) is 13.7. The SMILES string of the molecule is CN1CCC[C@@]1(C=O)COc1nc(N2CC3CCC(C2)N3)c2cnc(-c3[nH]c(=O)cc4ccccc34)c(F)c2n1. The van der Waals surface area contributed by atoms with Crippen LogP contribution < -0.4 is 20.5 Å². The molecule has 2 bridgehead atoms. The van der Waals surface area contributed by atoms with Gasteiger partial charge in [-0.05, 0) is 44.7 Å². The molecule has 1 aromatic carbocycles. The van der Waals surface area contributed by atoms with Gasteiger partial charge in [0, 0.05) is 42.8 Å². The maximum Gasteiger partial charge on any atom is 0.319 e. The van der Waals surface area contributed by atoms with Crippen LogP contribution in [0.4, 0.5) is 10.2 Å². The number of rotatable bonds is 6. The zero-order valence-electron chi connectivity index (χ0n) is 22.2. The van der Waals surface area contributed by atoms with Crippen LogP contribution in [0, 0.1) is 5.82 Å². The molecule has 0 aliphatic carbocycles. The highest BCUT2D eigenvalue weighted by molar-refractivity contribution is 5.97. The number of anilines is 1. The zero-order valence-corrected chi connectivity index (χ0v) is 22.2. The highest BCUT2D eigenvalue weighted by atomic mass is 19.1. The molecule has 3 aliphatic heterocycles. The Morgan fingerprint density at radius 1 is 1.18 bits per heavy atom. The van der Waals surface area contributed by atoms with Crippen LogP contribution in [0.25, 0.3) is 33.1 Å². The Balaban J connectivity index is 1.37. The summed E-state index contributed by atoms with van der Waals surface area (Å²) in [4.78, 5) is 45.2. The normalized spacial score (nSPS) is 24.7. The first kappa shape index (κ1) is 25.0. The third-order valence-corrected chi connectivity index (χ3v) is 8.70. The number of nitrogens with one attached hydrogen (secondary N) is 2. The van der Waals surface area contributed by atoms with Crippen LogP contribution in [0.15, 0.2) is 41.3 Å². The lowest BCUT2D eigenvalue weighted by molar-refractivity contribution is -0.118. The molecule has 0 radical (unpaired) electrons. The molecule has 206 valence electrons. The van der Waals surface area contributed by atoms with E-state index in [0.29, 0.717) is 40.5 Å². The quantitative estimate of drug-likeness (QED) is 0.354. The topological polar surface area (TPSA) is 116 Å². The van der Waals surface area contributed by atoms with Crippen LogP contribution in [0.1, 0.15) is 25.7 Å². The Morgan fingerprint density at radius 2 is 1.98 bits per heavy atom. The average molecular weight is 544 g/mol. The molecule has 0 spiro atoms. The molecule has 3 saturated heterocycles. The summed E-state index contributed by atoms with van der Waals surface area (Å²) in [6.45, 7) is 2.31. The standard InChI is InChI=1S/C29H30FN7O3/c1-36-10-4-9-29(36,15-38)16-40-28-34-24-21(27(35-28)37-13-18-7-8-19(14-37)32-18)12-31-26(23(24)30)25-20-6-3-2-5-17(20)11-22(39)33-25/h2-3,5-6,11-12,15,18-19,32H,4,7-10,13-14,16H2,1H3,(H,33,39)/t18?,19?,29-/m1/s1. The fraction of sp³-hybridized carbons (Fsp3) is 0.414. The van der Waals surface area contributed by atoms with E-state index in [1.165, 1.54) is 6.07 Å². The molecule has 3 aliphatic rings. The average Bonchev–Trinajstić information content (AvgIpc) is 3.51. The first-order valence-electron chi connectivity index (χ1n) is 13.7. The number of carbonyl (C=O) groups excluding carboxylic acids is 1. The van der Waals surface area contributed by atoms with Crippen molar-refractivity contribution >= 4 is 33.8 Å². The highest BCUT2D eigenvalue weighted by Crippen LogP contribution is 2.35. The monoisotopic (exact) mass is 543 g/mol. The Labute approximate surface area is 229 Å². The number of halogens is 1. The molecule has 40 heavy (non-hydrogen) atoms. The van der Waals surface area contributed by atoms with Gasteiger partial charge in [0.15, 0.2) is 5.82 Å². The molecule has 10 nitrogen and oxygen atoms in total. The van der Waals surface area contributed by atoms with Gasteiger partial charge in [0.1, 0.15) is 35.5 Å². The molecule has 0 saturated carbocycles. The van der Waals surface area contributed by atoms with E-state index >= 15 is 4.39 Å². The van der Waals surface area contributed by atoms with Crippen LogP contribution in [-0.2, 0) is 4.79 Å². The largest absolute Gasteiger partial charge is 0.461 e. The Morgan fingerprint density at radius 3 is 2.73 bits per heavy atom. The van der Waals surface area contributed by atoms with Crippen molar-refractivity contribution in [2.24, 2.45) is 0 Å². The van der Waals surface area contributed by atoms with Gasteiger partial charge in [-0.1, -0.05) is 24.3 Å². The number of nitrogens with zero attached hydrogens (tertiary/aromatic N) is 5. The van der Waals surface area contributed by atoms with Crippen molar-refractivity contribution in [2.45, 2.75) is 43.3 Å². The second-order valence-electron chi connectivity index (χ2n) is 11.2. The van der Waals surface area contributed by atoms with Gasteiger partial charge >= 0.3 is 6.01 Å². The van der Waals surface area contributed by atoms with Crippen LogP contribution in [-0.4, -0.2) is 82.0 Å². The summed E-state index contributed by atoms with van der Waals surface area (Å²) in [5.41, 5.74) is -0.768. The number of piperazine rings is 1. The van der Waals surface area contributed by atoms with Crippen molar-refractivity contribution in [1.29, 1.82) is 0 Å². The summed E-state index contributed by atoms with van der Waals surface area (Å²) < 4.78 is 22.5. The summed E-state index contributed by atoms with van der Waals surface area (Å²) in [6.07, 6.45) is 6.22. The van der Waals surface area contributed by atoms with Gasteiger partial charge in [0.05, 0.1) is 11.1 Å². The van der Waals surface area contributed by atoms with Crippen molar-refractivity contribution in [1.82, 2.24) is 30.2 Å². The van der Waals surface area contributed by atoms with Crippen LogP contribution in [0.5, 0.6) is 6.01 Å². The minimum absolute atomic E-state index is 0.00253. The number of pyridine rings is 2. The van der Waals surface area contributed by atoms with Gasteiger partial charge in [-0.15, -0.1) is 0 Å². The lowest BCUT2D eigenvalue weighted by Crippen LogP contribution is -2.51. The maximum absolute atomic E-state index is 16.4. The number of hydrogen-bond acceptors (Lipinski definition) is 9. The molecular weight excluding hydrogens is 513 g/mol. The predicted molar refractivity (Wildman–Crippen MR) is 149 cm³/mol. The second kappa shape index (κ2) is 9.60. The van der Waals surface area contributed by atoms with Crippen molar-refractivity contribution in [3.05, 3.63) is 52.7 Å². The van der Waals surface area contributed by atoms with Gasteiger partial charge in [-0.3, -0.25) is 14.7 Å². The summed E-state index contributed by atoms with van der Waals surface area (Å²) in [7, 11) is 1.90. The van der Waals surface area contributed by atoms with Gasteiger partial charge in [0.2, 0.25) is 5.56 Å². The van der Waals surface area contributed by atoms with Crippen LogP contribution >= 0.6 is 0 Å². The molecule has 3 aromatic heterocycles. The Bertz CT molecular complexity index is 1680. The number of H-pyrrole nitrogens is 1. The number of ether oxygens (including phenoxy) is 1. The summed E-state index contributed by atoms with van der Waals surface area (Å²) in [5.74, 6) is -0.109. The lowest BCUT2D eigenvalue weighted by atomic mass is 10.00. The van der Waals surface area contributed by atoms with E-state index in [1.54, 1.807) is 12.3 Å². The number of hydrogen-bond donors (Lipinski definition) is 2. The van der Waals surface area contributed by atoms with E-state index in [-0.39, 0.29) is 35.1 Å². The van der Waals surface area contributed by atoms with Gasteiger partial charge in [-0.25, -0.2) is 4.39 Å². The number of aromatic amines is 1. The third kappa shape index (κ3) is 4.11. The second-order valence-corrected chi connectivity index (χ2v) is 11.2. The van der Waals surface area contributed by atoms with Crippen molar-refractivity contribution in [3.8, 4) is 17.4 Å². The Kier molecular flexibility index (Phi) is 6.01. The van der Waals surface area contributed by atoms with Crippen LogP contribution in [0.2, 0.25) is 0 Å². The van der Waals surface area contributed by atoms with Crippen molar-refractivity contribution in [3.63, 3.8) is 0 Å². The minimum atomic E-state index is -0.767. The number of carbonyl (C=O) groups is 1. The number of aldehydes is 1. The number of benzene rings is 1. The zero-order chi connectivity index (χ0) is 27.4. The van der Waals surface area contributed by atoms with Gasteiger partial charge < -0.3 is 24.7 Å². The van der Waals surface area contributed by atoms with Crippen LogP contribution in [0.3, 0.4) is 0 Å². The molecule has 7 rings (SSSR count). The minimum Gasteiger partial charge on any atom is -0.461 e. The van der Waals surface area contributed by atoms with Gasteiger partial charge in [0.25, 0.3) is 0 Å². The summed E-state index contributed by atoms with van der Waals surface area (Å²) >= 11 is 0. The van der Waals surface area contributed by atoms with E-state index in [2.05, 4.69) is 25.2 Å². The maximum atomic E-state index is 16.4. The van der Waals surface area contributed by atoms with Crippen molar-refractivity contribution < 1.29 is 13.9 Å². The molecule has 2 N–H and O–H groups in total. The first-order chi connectivity index (χ1) is 19.4. The summed E-state index contributed by atoms with van der Waals surface area (Å²) in [6, 6.07) is 9.43. The molecule has 3 fully saturated rings. The fourth-order valence-electron chi connectivity index (χ4n) is 6.47. The van der Waals surface area contributed by atoms with Crippen molar-refractivity contribution in [2.75, 3.05) is 38.2 Å². The van der Waals surface area contributed by atoms with Gasteiger partial charge in [-0.2, -0.15) is 9.97 Å². The number of aromatic nitrogens is 4. The Hall–Kier alpha value is -3.96. The molecule has 11 heteroatoms. The number of fused-ring (bicyclic) bond motifs is 4. The third-order valence-electron chi connectivity index (χ3n) is 8.70. The fourth-order valence-corrected chi connectivity index (χ4v) is 6.47. The highest BCUT2D eigenvalue weighted by Gasteiger charge is 2.40. The molecule has 4 aromatic rings. The molecule has 3 atom stereocenters. The predicted octanol–water partition coefficient (Wildman–Crippen LogP) is 2.66. The van der Waals surface area contributed by atoms with E-state index < -0.39 is 11.4 Å². The van der Waals surface area contributed by atoms with E-state index in [0.717, 1.165) is 45.2 Å². The number of likely N-dealkylation sites (tertiary alicyclic amines) is 1. The van der Waals surface area contributed by atoms with E-state index in [4.69, 9.17) is 9.72 Å². The molecule has 2 unspecified atom stereocenters. The van der Waals surface area contributed by atoms with E-state index in [9.17, 15) is 9.59 Å². The smallest absolute Gasteiger partial charge is 0.319 e. The van der Waals surface area contributed by atoms with E-state index in [1.807, 2.05) is 30.1 Å². The summed E-state index contributed by atoms with van der Waals surface area (Å²) in [5, 5.41) is 5.45. The number of likely N-dealkylation sites (N-methyl/N-ethyl adjacent to an activating group) is 1. The molecular formula is C29H30FN7O3. The molecule has 0 amide bonds. The lowest BCUT2D eigenvalue weighted by Gasteiger charge is -2.34.